The molecule has 0 saturated carbocycles. The van der Waals surface area contributed by atoms with Crippen molar-refractivity contribution in [3.63, 3.8) is 0 Å². The molecule has 0 N–H and O–H groups in total. The van der Waals surface area contributed by atoms with Crippen molar-refractivity contribution in [1.29, 1.82) is 0 Å². The van der Waals surface area contributed by atoms with Crippen molar-refractivity contribution in [1.82, 2.24) is 0 Å². The molecule has 0 unspecified atom stereocenters. The first kappa shape index (κ1) is 11.7. The van der Waals surface area contributed by atoms with Gasteiger partial charge in [-0.05, 0) is 42.2 Å². The molecule has 1 aliphatic carbocycles. The fourth-order valence-corrected chi connectivity index (χ4v) is 2.86. The third-order valence-corrected chi connectivity index (χ3v) is 3.84. The van der Waals surface area contributed by atoms with E-state index in [0.717, 1.165) is 39.6 Å². The molecule has 0 spiro atoms. The zero-order valence-corrected chi connectivity index (χ0v) is 11.3. The van der Waals surface area contributed by atoms with Gasteiger partial charge in [0, 0.05) is 15.6 Å². The number of ketones is 1. The van der Waals surface area contributed by atoms with Crippen molar-refractivity contribution in [3.8, 4) is 0 Å². The second-order valence-corrected chi connectivity index (χ2v) is 5.46. The van der Waals surface area contributed by atoms with Crippen molar-refractivity contribution in [2.75, 3.05) is 0 Å². The first-order valence-corrected chi connectivity index (χ1v) is 6.66. The summed E-state index contributed by atoms with van der Waals surface area (Å²) in [6, 6.07) is 11.4. The van der Waals surface area contributed by atoms with Crippen LogP contribution in [-0.2, 0) is 12.8 Å². The van der Waals surface area contributed by atoms with Crippen LogP contribution in [0.15, 0.2) is 40.9 Å². The largest absolute Gasteiger partial charge is 0.289 e. The van der Waals surface area contributed by atoms with Gasteiger partial charge >= 0.3 is 0 Å². The summed E-state index contributed by atoms with van der Waals surface area (Å²) < 4.78 is 1.01. The number of aryl methyl sites for hydroxylation is 2. The van der Waals surface area contributed by atoms with Gasteiger partial charge < -0.3 is 0 Å². The number of halogens is 1. The molecule has 0 bridgehead atoms. The number of carbonyl (C=O) groups is 1. The number of carbonyl (C=O) groups excluding carboxylic acids is 1. The summed E-state index contributed by atoms with van der Waals surface area (Å²) in [4.78, 5) is 12.5. The van der Waals surface area contributed by atoms with Crippen LogP contribution in [0.5, 0.6) is 0 Å². The summed E-state index contributed by atoms with van der Waals surface area (Å²) >= 11 is 3.45. The SMILES string of the molecule is [B]c1ccc2c(c1)CCc1cc(Br)ccc1C2=O. The lowest BCUT2D eigenvalue weighted by molar-refractivity contribution is 0.103. The quantitative estimate of drug-likeness (QED) is 0.683. The maximum Gasteiger partial charge on any atom is 0.193 e. The Labute approximate surface area is 116 Å². The van der Waals surface area contributed by atoms with E-state index in [0.29, 0.717) is 5.46 Å². The first-order chi connectivity index (χ1) is 8.65. The molecule has 0 aromatic heterocycles. The summed E-state index contributed by atoms with van der Waals surface area (Å²) in [7, 11) is 5.79. The van der Waals surface area contributed by atoms with E-state index in [-0.39, 0.29) is 5.78 Å². The van der Waals surface area contributed by atoms with E-state index in [9.17, 15) is 4.79 Å². The van der Waals surface area contributed by atoms with Crippen LogP contribution in [0.3, 0.4) is 0 Å². The molecule has 1 aliphatic rings. The normalized spacial score (nSPS) is 13.7. The Morgan fingerprint density at radius 2 is 1.56 bits per heavy atom. The fourth-order valence-electron chi connectivity index (χ4n) is 2.45. The predicted molar refractivity (Wildman–Crippen MR) is 76.8 cm³/mol. The monoisotopic (exact) mass is 296 g/mol. The van der Waals surface area contributed by atoms with Crippen molar-refractivity contribution in [2.45, 2.75) is 12.8 Å². The van der Waals surface area contributed by atoms with E-state index in [1.807, 2.05) is 30.3 Å². The van der Waals surface area contributed by atoms with Gasteiger partial charge in [-0.1, -0.05) is 39.6 Å². The number of benzene rings is 2. The lowest BCUT2D eigenvalue weighted by Gasteiger charge is -2.06. The Bertz CT molecular complexity index is 593. The maximum atomic E-state index is 12.5. The van der Waals surface area contributed by atoms with E-state index in [1.54, 1.807) is 6.07 Å². The van der Waals surface area contributed by atoms with Crippen LogP contribution in [0.25, 0.3) is 0 Å². The van der Waals surface area contributed by atoms with E-state index in [2.05, 4.69) is 15.9 Å². The van der Waals surface area contributed by atoms with Gasteiger partial charge in [0.1, 0.15) is 7.85 Å². The average Bonchev–Trinajstić information content (AvgIpc) is 2.47. The molecule has 0 fully saturated rings. The molecule has 3 heteroatoms. The van der Waals surface area contributed by atoms with Gasteiger partial charge in [-0.3, -0.25) is 4.79 Å². The zero-order valence-electron chi connectivity index (χ0n) is 9.74. The molecular formula is C15H10BBrO. The van der Waals surface area contributed by atoms with Crippen LogP contribution >= 0.6 is 15.9 Å². The third kappa shape index (κ3) is 1.93. The zero-order chi connectivity index (χ0) is 12.7. The Morgan fingerprint density at radius 1 is 0.944 bits per heavy atom. The molecule has 0 atom stereocenters. The summed E-state index contributed by atoms with van der Waals surface area (Å²) in [5, 5.41) is 0. The highest BCUT2D eigenvalue weighted by atomic mass is 79.9. The molecule has 0 saturated heterocycles. The van der Waals surface area contributed by atoms with Crippen LogP contribution in [-0.4, -0.2) is 13.6 Å². The number of fused-ring (bicyclic) bond motifs is 2. The molecule has 3 rings (SSSR count). The Balaban J connectivity index is 2.18. The Kier molecular flexibility index (Phi) is 2.86. The van der Waals surface area contributed by atoms with E-state index in [4.69, 9.17) is 7.85 Å². The molecule has 0 amide bonds. The lowest BCUT2D eigenvalue weighted by Crippen LogP contribution is -2.09. The van der Waals surface area contributed by atoms with Crippen LogP contribution in [0.4, 0.5) is 0 Å². The highest BCUT2D eigenvalue weighted by molar-refractivity contribution is 9.10. The van der Waals surface area contributed by atoms with Gasteiger partial charge in [0.05, 0.1) is 0 Å². The summed E-state index contributed by atoms with van der Waals surface area (Å²) in [5.41, 5.74) is 4.46. The smallest absolute Gasteiger partial charge is 0.193 e. The Hall–Kier alpha value is -1.35. The minimum Gasteiger partial charge on any atom is -0.289 e. The highest BCUT2D eigenvalue weighted by Crippen LogP contribution is 2.26. The summed E-state index contributed by atoms with van der Waals surface area (Å²) in [5.74, 6) is 0.102. The van der Waals surface area contributed by atoms with Crippen molar-refractivity contribution in [2.24, 2.45) is 0 Å². The van der Waals surface area contributed by atoms with Crippen molar-refractivity contribution in [3.05, 3.63) is 63.1 Å². The second-order valence-electron chi connectivity index (χ2n) is 4.55. The molecule has 0 aliphatic heterocycles. The number of hydrogen-bond acceptors (Lipinski definition) is 1. The third-order valence-electron chi connectivity index (χ3n) is 3.35. The summed E-state index contributed by atoms with van der Waals surface area (Å²) in [6.45, 7) is 0. The molecule has 86 valence electrons. The van der Waals surface area contributed by atoms with Crippen LogP contribution in [0.2, 0.25) is 0 Å². The molecule has 2 aromatic carbocycles. The highest BCUT2D eigenvalue weighted by Gasteiger charge is 2.20. The Morgan fingerprint density at radius 3 is 2.28 bits per heavy atom. The lowest BCUT2D eigenvalue weighted by atomic mass is 9.90. The molecule has 2 aromatic rings. The van der Waals surface area contributed by atoms with E-state index < -0.39 is 0 Å². The van der Waals surface area contributed by atoms with Crippen LogP contribution < -0.4 is 5.46 Å². The van der Waals surface area contributed by atoms with Gasteiger partial charge in [-0.15, -0.1) is 0 Å². The standard InChI is InChI=1S/C15H10BBrO/c16-11-3-5-13-9(7-11)1-2-10-8-12(17)4-6-14(10)15(13)18/h3-8H,1-2H2. The van der Waals surface area contributed by atoms with Gasteiger partial charge in [0.25, 0.3) is 0 Å². The number of hydrogen-bond donors (Lipinski definition) is 0. The second kappa shape index (κ2) is 4.40. The molecule has 0 heterocycles. The summed E-state index contributed by atoms with van der Waals surface area (Å²) in [6.07, 6.45) is 1.73. The van der Waals surface area contributed by atoms with Crippen molar-refractivity contribution < 1.29 is 4.79 Å². The van der Waals surface area contributed by atoms with Gasteiger partial charge in [0.15, 0.2) is 5.78 Å². The minimum atomic E-state index is 0.102. The van der Waals surface area contributed by atoms with E-state index >= 15 is 0 Å². The average molecular weight is 297 g/mol. The molecule has 2 radical (unpaired) electrons. The van der Waals surface area contributed by atoms with Gasteiger partial charge in [-0.2, -0.15) is 0 Å². The topological polar surface area (TPSA) is 17.1 Å². The van der Waals surface area contributed by atoms with Crippen LogP contribution in [0, 0.1) is 0 Å². The molecule has 1 nitrogen and oxygen atoms in total. The van der Waals surface area contributed by atoms with Gasteiger partial charge in [-0.25, -0.2) is 0 Å². The minimum absolute atomic E-state index is 0.102. The van der Waals surface area contributed by atoms with Crippen molar-refractivity contribution >= 4 is 35.0 Å². The van der Waals surface area contributed by atoms with Gasteiger partial charge in [0.2, 0.25) is 0 Å². The van der Waals surface area contributed by atoms with Crippen LogP contribution in [0.1, 0.15) is 27.0 Å². The number of rotatable bonds is 0. The predicted octanol–water partition coefficient (Wildman–Crippen LogP) is 2.57. The first-order valence-electron chi connectivity index (χ1n) is 5.86. The van der Waals surface area contributed by atoms with E-state index in [1.165, 1.54) is 0 Å². The molecule has 18 heavy (non-hydrogen) atoms. The molecular weight excluding hydrogens is 287 g/mol. The maximum absolute atomic E-state index is 12.5. The fraction of sp³-hybridized carbons (Fsp3) is 0.133.